The van der Waals surface area contributed by atoms with E-state index in [0.717, 1.165) is 5.56 Å². The van der Waals surface area contributed by atoms with Crippen molar-refractivity contribution in [2.45, 2.75) is 13.5 Å². The van der Waals surface area contributed by atoms with Crippen LogP contribution in [0.25, 0.3) is 5.65 Å². The van der Waals surface area contributed by atoms with E-state index in [1.165, 1.54) is 4.40 Å². The molecule has 2 N–H and O–H groups in total. The first-order chi connectivity index (χ1) is 11.0. The molecule has 0 saturated carbocycles. The fourth-order valence-electron chi connectivity index (χ4n) is 2.29. The van der Waals surface area contributed by atoms with Crippen LogP contribution in [0.2, 0.25) is 10.0 Å². The molecular formula is C16H13Cl2N3O2. The predicted octanol–water partition coefficient (Wildman–Crippen LogP) is 3.55. The molecule has 0 radical (unpaired) electrons. The summed E-state index contributed by atoms with van der Waals surface area (Å²) in [6.07, 6.45) is 1.62. The van der Waals surface area contributed by atoms with Crippen LogP contribution in [-0.2, 0) is 6.61 Å². The van der Waals surface area contributed by atoms with Crippen molar-refractivity contribution in [1.29, 1.82) is 0 Å². The van der Waals surface area contributed by atoms with Gasteiger partial charge in [-0.2, -0.15) is 0 Å². The summed E-state index contributed by atoms with van der Waals surface area (Å²) in [5.41, 5.74) is 1.87. The van der Waals surface area contributed by atoms with E-state index >= 15 is 0 Å². The molecule has 0 aliphatic carbocycles. The molecule has 3 rings (SSSR count). The number of halogens is 2. The maximum absolute atomic E-state index is 12.5. The van der Waals surface area contributed by atoms with Gasteiger partial charge < -0.3 is 10.4 Å². The molecule has 0 fully saturated rings. The van der Waals surface area contributed by atoms with Crippen LogP contribution in [0.4, 0.5) is 11.5 Å². The van der Waals surface area contributed by atoms with Crippen molar-refractivity contribution in [3.05, 3.63) is 68.1 Å². The highest BCUT2D eigenvalue weighted by Crippen LogP contribution is 2.27. The maximum atomic E-state index is 12.5. The van der Waals surface area contributed by atoms with E-state index in [1.54, 1.807) is 30.5 Å². The molecule has 2 heterocycles. The Labute approximate surface area is 142 Å². The quantitative estimate of drug-likeness (QED) is 0.758. The van der Waals surface area contributed by atoms with Gasteiger partial charge in [-0.3, -0.25) is 9.20 Å². The number of aromatic nitrogens is 2. The van der Waals surface area contributed by atoms with Crippen molar-refractivity contribution >= 4 is 40.4 Å². The molecule has 23 heavy (non-hydrogen) atoms. The SMILES string of the molecule is Cc1cccn2c(=O)c(CO)c(Nc3ccc(Cl)c(Cl)c3)nc12. The number of aryl methyl sites for hydroxylation is 1. The highest BCUT2D eigenvalue weighted by molar-refractivity contribution is 6.42. The van der Waals surface area contributed by atoms with Gasteiger partial charge in [0.2, 0.25) is 0 Å². The van der Waals surface area contributed by atoms with Crippen molar-refractivity contribution in [3.8, 4) is 0 Å². The highest BCUT2D eigenvalue weighted by atomic mass is 35.5. The Morgan fingerprint density at radius 3 is 2.74 bits per heavy atom. The number of nitrogens with one attached hydrogen (secondary N) is 1. The Hall–Kier alpha value is -2.08. The van der Waals surface area contributed by atoms with E-state index in [1.807, 2.05) is 13.0 Å². The van der Waals surface area contributed by atoms with Gasteiger partial charge in [0.1, 0.15) is 11.5 Å². The van der Waals surface area contributed by atoms with Gasteiger partial charge in [0.25, 0.3) is 5.56 Å². The minimum atomic E-state index is -0.424. The third-order valence-corrected chi connectivity index (χ3v) is 4.22. The van der Waals surface area contributed by atoms with Crippen molar-refractivity contribution in [2.24, 2.45) is 0 Å². The number of hydrogen-bond acceptors (Lipinski definition) is 4. The standard InChI is InChI=1S/C16H13Cl2N3O2/c1-9-3-2-6-21-15(9)20-14(11(8-22)16(21)23)19-10-4-5-12(17)13(18)7-10/h2-7,19,22H,8H2,1H3. The molecule has 3 aromatic rings. The van der Waals surface area contributed by atoms with Gasteiger partial charge in [-0.05, 0) is 36.8 Å². The van der Waals surface area contributed by atoms with Gasteiger partial charge in [0.05, 0.1) is 22.2 Å². The Morgan fingerprint density at radius 1 is 1.26 bits per heavy atom. The summed E-state index contributed by atoms with van der Waals surface area (Å²) in [4.78, 5) is 17.0. The van der Waals surface area contributed by atoms with Crippen LogP contribution in [0.1, 0.15) is 11.1 Å². The Bertz CT molecular complexity index is 954. The molecule has 0 bridgehead atoms. The molecule has 0 unspecified atom stereocenters. The van der Waals surface area contributed by atoms with E-state index in [0.29, 0.717) is 27.2 Å². The molecule has 0 saturated heterocycles. The van der Waals surface area contributed by atoms with Crippen molar-refractivity contribution in [1.82, 2.24) is 9.38 Å². The molecule has 0 spiro atoms. The van der Waals surface area contributed by atoms with Gasteiger partial charge in [-0.25, -0.2) is 4.98 Å². The number of rotatable bonds is 3. The lowest BCUT2D eigenvalue weighted by Gasteiger charge is -2.13. The Kier molecular flexibility index (Phi) is 4.26. The number of fused-ring (bicyclic) bond motifs is 1. The molecule has 0 atom stereocenters. The highest BCUT2D eigenvalue weighted by Gasteiger charge is 2.13. The number of pyridine rings is 1. The van der Waals surface area contributed by atoms with E-state index < -0.39 is 6.61 Å². The fourth-order valence-corrected chi connectivity index (χ4v) is 2.59. The normalized spacial score (nSPS) is 11.0. The largest absolute Gasteiger partial charge is 0.391 e. The summed E-state index contributed by atoms with van der Waals surface area (Å²) < 4.78 is 1.42. The molecular weight excluding hydrogens is 337 g/mol. The van der Waals surface area contributed by atoms with Gasteiger partial charge in [-0.15, -0.1) is 0 Å². The number of benzene rings is 1. The minimum absolute atomic E-state index is 0.180. The van der Waals surface area contributed by atoms with Crippen LogP contribution >= 0.6 is 23.2 Å². The maximum Gasteiger partial charge on any atom is 0.265 e. The molecule has 7 heteroatoms. The van der Waals surface area contributed by atoms with Crippen LogP contribution in [-0.4, -0.2) is 14.5 Å². The van der Waals surface area contributed by atoms with Gasteiger partial charge in [0, 0.05) is 11.9 Å². The number of aliphatic hydroxyl groups excluding tert-OH is 1. The van der Waals surface area contributed by atoms with E-state index in [9.17, 15) is 9.90 Å². The van der Waals surface area contributed by atoms with E-state index in [-0.39, 0.29) is 11.1 Å². The smallest absolute Gasteiger partial charge is 0.265 e. The monoisotopic (exact) mass is 349 g/mol. The predicted molar refractivity (Wildman–Crippen MR) is 91.9 cm³/mol. The van der Waals surface area contributed by atoms with Crippen LogP contribution < -0.4 is 10.9 Å². The fraction of sp³-hybridized carbons (Fsp3) is 0.125. The number of nitrogens with zero attached hydrogens (tertiary/aromatic N) is 2. The topological polar surface area (TPSA) is 66.6 Å². The minimum Gasteiger partial charge on any atom is -0.391 e. The molecule has 118 valence electrons. The zero-order chi connectivity index (χ0) is 16.6. The molecule has 5 nitrogen and oxygen atoms in total. The lowest BCUT2D eigenvalue weighted by atomic mass is 10.2. The zero-order valence-corrected chi connectivity index (χ0v) is 13.7. The third-order valence-electron chi connectivity index (χ3n) is 3.48. The second-order valence-electron chi connectivity index (χ2n) is 5.04. The van der Waals surface area contributed by atoms with Crippen LogP contribution in [0, 0.1) is 6.92 Å². The second kappa shape index (κ2) is 6.20. The van der Waals surface area contributed by atoms with E-state index in [4.69, 9.17) is 23.2 Å². The first-order valence-electron chi connectivity index (χ1n) is 6.85. The van der Waals surface area contributed by atoms with Gasteiger partial charge in [-0.1, -0.05) is 29.3 Å². The lowest BCUT2D eigenvalue weighted by molar-refractivity contribution is 0.280. The lowest BCUT2D eigenvalue weighted by Crippen LogP contribution is -2.22. The summed E-state index contributed by atoms with van der Waals surface area (Å²) >= 11 is 11.9. The van der Waals surface area contributed by atoms with Crippen LogP contribution in [0.3, 0.4) is 0 Å². The molecule has 2 aromatic heterocycles. The molecule has 0 amide bonds. The number of anilines is 2. The Morgan fingerprint density at radius 2 is 2.04 bits per heavy atom. The zero-order valence-electron chi connectivity index (χ0n) is 12.2. The average Bonchev–Trinajstić information content (AvgIpc) is 2.52. The summed E-state index contributed by atoms with van der Waals surface area (Å²) in [6.45, 7) is 1.44. The van der Waals surface area contributed by atoms with Crippen LogP contribution in [0.5, 0.6) is 0 Å². The van der Waals surface area contributed by atoms with Crippen molar-refractivity contribution < 1.29 is 5.11 Å². The van der Waals surface area contributed by atoms with Crippen LogP contribution in [0.15, 0.2) is 41.3 Å². The second-order valence-corrected chi connectivity index (χ2v) is 5.86. The van der Waals surface area contributed by atoms with Gasteiger partial charge >= 0.3 is 0 Å². The molecule has 0 aliphatic heterocycles. The number of hydrogen-bond donors (Lipinski definition) is 2. The van der Waals surface area contributed by atoms with E-state index in [2.05, 4.69) is 10.3 Å². The summed E-state index contributed by atoms with van der Waals surface area (Å²) in [5, 5.41) is 13.4. The first kappa shape index (κ1) is 15.8. The van der Waals surface area contributed by atoms with Gasteiger partial charge in [0.15, 0.2) is 0 Å². The average molecular weight is 350 g/mol. The third kappa shape index (κ3) is 2.91. The summed E-state index contributed by atoms with van der Waals surface area (Å²) in [7, 11) is 0. The molecule has 0 aliphatic rings. The van der Waals surface area contributed by atoms with Crippen molar-refractivity contribution in [2.75, 3.05) is 5.32 Å². The summed E-state index contributed by atoms with van der Waals surface area (Å²) in [6, 6.07) is 8.62. The number of aliphatic hydroxyl groups is 1. The molecule has 1 aromatic carbocycles. The van der Waals surface area contributed by atoms with Crippen molar-refractivity contribution in [3.63, 3.8) is 0 Å². The Balaban J connectivity index is 2.18. The summed E-state index contributed by atoms with van der Waals surface area (Å²) in [5.74, 6) is 0.296. The first-order valence-corrected chi connectivity index (χ1v) is 7.60.